The summed E-state index contributed by atoms with van der Waals surface area (Å²) in [6.07, 6.45) is 0. The molecular weight excluding hydrogens is 413 g/mol. The van der Waals surface area contributed by atoms with Gasteiger partial charge in [-0.25, -0.2) is 18.2 Å². The largest absolute Gasteiger partial charge is 0.478 e. The number of nitrogens with one attached hydrogen (secondary N) is 2. The summed E-state index contributed by atoms with van der Waals surface area (Å²) in [6, 6.07) is 7.89. The van der Waals surface area contributed by atoms with Crippen LogP contribution >= 0.6 is 23.2 Å². The molecule has 27 heavy (non-hydrogen) atoms. The number of benzene rings is 2. The number of halogens is 2. The minimum Gasteiger partial charge on any atom is -0.478 e. The first-order chi connectivity index (χ1) is 12.7. The van der Waals surface area contributed by atoms with Gasteiger partial charge in [0.15, 0.2) is 9.84 Å². The third-order valence-electron chi connectivity index (χ3n) is 3.93. The zero-order valence-corrected chi connectivity index (χ0v) is 16.4. The van der Waals surface area contributed by atoms with E-state index < -0.39 is 21.7 Å². The lowest BCUT2D eigenvalue weighted by molar-refractivity contribution is 0.0699. The van der Waals surface area contributed by atoms with E-state index in [1.165, 1.54) is 12.1 Å². The van der Waals surface area contributed by atoms with Crippen LogP contribution in [0, 0.1) is 6.92 Å². The van der Waals surface area contributed by atoms with Crippen molar-refractivity contribution < 1.29 is 18.3 Å². The van der Waals surface area contributed by atoms with Gasteiger partial charge < -0.3 is 10.1 Å². The smallest absolute Gasteiger partial charge is 0.337 e. The van der Waals surface area contributed by atoms with Gasteiger partial charge in [0.05, 0.1) is 27.7 Å². The Labute approximate surface area is 165 Å². The molecule has 0 amide bonds. The van der Waals surface area contributed by atoms with Gasteiger partial charge in [0, 0.05) is 0 Å². The molecule has 2 aromatic carbocycles. The van der Waals surface area contributed by atoms with Gasteiger partial charge >= 0.3 is 5.97 Å². The number of rotatable bonds is 6. The Hall–Kier alpha value is -2.13. The average Bonchev–Trinajstić information content (AvgIpc) is 3.00. The number of hydrogen-bond donors (Lipinski definition) is 3. The Kier molecular flexibility index (Phi) is 5.43. The van der Waals surface area contributed by atoms with Crippen molar-refractivity contribution >= 4 is 50.0 Å². The summed E-state index contributed by atoms with van der Waals surface area (Å²) in [6.45, 7) is 1.79. The predicted molar refractivity (Wildman–Crippen MR) is 103 cm³/mol. The maximum absolute atomic E-state index is 12.6. The molecule has 0 saturated heterocycles. The van der Waals surface area contributed by atoms with Crippen molar-refractivity contribution in [2.24, 2.45) is 0 Å². The van der Waals surface area contributed by atoms with Crippen molar-refractivity contribution in [3.05, 3.63) is 57.3 Å². The molecule has 0 saturated carbocycles. The molecule has 1 heterocycles. The summed E-state index contributed by atoms with van der Waals surface area (Å²) < 4.78 is 25.2. The molecule has 0 fully saturated rings. The van der Waals surface area contributed by atoms with Crippen LogP contribution in [0.5, 0.6) is 0 Å². The number of aromatic nitrogens is 2. The summed E-state index contributed by atoms with van der Waals surface area (Å²) in [7, 11) is -3.78. The molecule has 0 spiro atoms. The van der Waals surface area contributed by atoms with E-state index in [9.17, 15) is 18.3 Å². The van der Waals surface area contributed by atoms with Crippen LogP contribution in [0.2, 0.25) is 10.0 Å². The molecule has 142 valence electrons. The van der Waals surface area contributed by atoms with Crippen molar-refractivity contribution in [1.29, 1.82) is 0 Å². The molecular formula is C17H15Cl2N3O4S. The number of hydrogen-bond acceptors (Lipinski definition) is 5. The minimum absolute atomic E-state index is 0.0576. The zero-order chi connectivity index (χ0) is 19.8. The number of para-hydroxylation sites is 1. The molecule has 3 aromatic rings. The van der Waals surface area contributed by atoms with Gasteiger partial charge in [0.2, 0.25) is 0 Å². The minimum atomic E-state index is -3.78. The van der Waals surface area contributed by atoms with Gasteiger partial charge in [0.25, 0.3) is 0 Å². The Balaban J connectivity index is 1.79. The van der Waals surface area contributed by atoms with Crippen molar-refractivity contribution in [3.63, 3.8) is 0 Å². The second-order valence-electron chi connectivity index (χ2n) is 5.88. The van der Waals surface area contributed by atoms with Crippen LogP contribution in [-0.2, 0) is 16.4 Å². The molecule has 0 unspecified atom stereocenters. The van der Waals surface area contributed by atoms with Crippen molar-refractivity contribution in [2.75, 3.05) is 5.88 Å². The van der Waals surface area contributed by atoms with Gasteiger partial charge in [-0.3, -0.25) is 5.32 Å². The highest BCUT2D eigenvalue weighted by atomic mass is 35.5. The lowest BCUT2D eigenvalue weighted by Gasteiger charge is -2.11. The van der Waals surface area contributed by atoms with Gasteiger partial charge in [-0.1, -0.05) is 35.3 Å². The number of carbonyl (C=O) groups is 1. The SMILES string of the molecule is Cc1ccc(Cl)c(S(=O)(=O)CNCc2nc3c(C(=O)O)cccc3[nH]2)c1Cl. The average molecular weight is 428 g/mol. The third kappa shape index (κ3) is 3.93. The van der Waals surface area contributed by atoms with E-state index in [-0.39, 0.29) is 27.0 Å². The fourth-order valence-electron chi connectivity index (χ4n) is 2.63. The highest BCUT2D eigenvalue weighted by Gasteiger charge is 2.23. The maximum Gasteiger partial charge on any atom is 0.337 e. The van der Waals surface area contributed by atoms with Crippen LogP contribution in [0.3, 0.4) is 0 Å². The van der Waals surface area contributed by atoms with Crippen LogP contribution in [0.15, 0.2) is 35.2 Å². The first kappa shape index (κ1) is 19.6. The summed E-state index contributed by atoms with van der Waals surface area (Å²) in [5.41, 5.74) is 1.55. The van der Waals surface area contributed by atoms with Crippen molar-refractivity contribution in [1.82, 2.24) is 15.3 Å². The van der Waals surface area contributed by atoms with E-state index in [0.29, 0.717) is 22.4 Å². The first-order valence-corrected chi connectivity index (χ1v) is 10.2. The number of aryl methyl sites for hydroxylation is 1. The lowest BCUT2D eigenvalue weighted by atomic mass is 10.2. The van der Waals surface area contributed by atoms with Crippen molar-refractivity contribution in [2.45, 2.75) is 18.4 Å². The number of nitrogens with zero attached hydrogens (tertiary/aromatic N) is 1. The highest BCUT2D eigenvalue weighted by Crippen LogP contribution is 2.32. The van der Waals surface area contributed by atoms with Crippen LogP contribution in [0.4, 0.5) is 0 Å². The molecule has 7 nitrogen and oxygen atoms in total. The van der Waals surface area contributed by atoms with Crippen LogP contribution in [-0.4, -0.2) is 35.3 Å². The number of carboxylic acids is 1. The summed E-state index contributed by atoms with van der Waals surface area (Å²) in [5, 5.41) is 12.1. The van der Waals surface area contributed by atoms with E-state index in [1.54, 1.807) is 25.1 Å². The van der Waals surface area contributed by atoms with E-state index in [4.69, 9.17) is 23.2 Å². The normalized spacial score (nSPS) is 11.8. The van der Waals surface area contributed by atoms with Gasteiger partial charge in [-0.05, 0) is 30.7 Å². The number of aromatic carboxylic acids is 1. The third-order valence-corrected chi connectivity index (χ3v) is 6.59. The summed E-state index contributed by atoms with van der Waals surface area (Å²) in [4.78, 5) is 18.3. The van der Waals surface area contributed by atoms with Gasteiger partial charge in [0.1, 0.15) is 22.1 Å². The molecule has 0 bridgehead atoms. The highest BCUT2D eigenvalue weighted by molar-refractivity contribution is 7.91. The van der Waals surface area contributed by atoms with E-state index in [0.717, 1.165) is 0 Å². The lowest BCUT2D eigenvalue weighted by Crippen LogP contribution is -2.24. The number of sulfone groups is 1. The standard InChI is InChI=1S/C17H15Cl2N3O4S/c1-9-5-6-11(18)16(14(9)19)27(25,26)8-20-7-13-21-12-4-2-3-10(17(23)24)15(12)22-13/h2-6,20H,7-8H2,1H3,(H,21,22)(H,23,24). The number of aromatic amines is 1. The molecule has 1 aromatic heterocycles. The molecule has 0 atom stereocenters. The van der Waals surface area contributed by atoms with E-state index >= 15 is 0 Å². The Bertz CT molecular complexity index is 1140. The Morgan fingerprint density at radius 3 is 2.70 bits per heavy atom. The molecule has 0 aliphatic rings. The molecule has 3 N–H and O–H groups in total. The Morgan fingerprint density at radius 2 is 2.00 bits per heavy atom. The van der Waals surface area contributed by atoms with Gasteiger partial charge in [-0.2, -0.15) is 0 Å². The van der Waals surface area contributed by atoms with E-state index in [2.05, 4.69) is 15.3 Å². The zero-order valence-electron chi connectivity index (χ0n) is 14.1. The number of imidazole rings is 1. The number of H-pyrrole nitrogens is 1. The molecule has 0 aliphatic heterocycles. The summed E-state index contributed by atoms with van der Waals surface area (Å²) >= 11 is 12.1. The number of carboxylic acid groups (broad SMARTS) is 1. The fraction of sp³-hybridized carbons (Fsp3) is 0.176. The topological polar surface area (TPSA) is 112 Å². The van der Waals surface area contributed by atoms with Crippen LogP contribution in [0.1, 0.15) is 21.7 Å². The second kappa shape index (κ2) is 7.47. The fourth-order valence-corrected chi connectivity index (χ4v) is 5.02. The quantitative estimate of drug-likeness (QED) is 0.555. The monoisotopic (exact) mass is 427 g/mol. The Morgan fingerprint density at radius 1 is 1.26 bits per heavy atom. The predicted octanol–water partition coefficient (Wildman–Crippen LogP) is 3.40. The van der Waals surface area contributed by atoms with Crippen molar-refractivity contribution in [3.8, 4) is 0 Å². The van der Waals surface area contributed by atoms with E-state index in [1.807, 2.05) is 0 Å². The van der Waals surface area contributed by atoms with Gasteiger partial charge in [-0.15, -0.1) is 0 Å². The molecule has 0 radical (unpaired) electrons. The molecule has 0 aliphatic carbocycles. The molecule has 3 rings (SSSR count). The second-order valence-corrected chi connectivity index (χ2v) is 8.60. The summed E-state index contributed by atoms with van der Waals surface area (Å²) in [5.74, 6) is -1.08. The van der Waals surface area contributed by atoms with Crippen LogP contribution in [0.25, 0.3) is 11.0 Å². The molecule has 10 heteroatoms. The maximum atomic E-state index is 12.6. The van der Waals surface area contributed by atoms with Crippen LogP contribution < -0.4 is 5.32 Å². The first-order valence-electron chi connectivity index (χ1n) is 7.79. The number of fused-ring (bicyclic) bond motifs is 1.